The Bertz CT molecular complexity index is 1660. The van der Waals surface area contributed by atoms with Gasteiger partial charge in [-0.1, -0.05) is 36.4 Å². The lowest BCUT2D eigenvalue weighted by molar-refractivity contribution is 0.577. The van der Waals surface area contributed by atoms with Crippen molar-refractivity contribution in [3.8, 4) is 17.2 Å². The van der Waals surface area contributed by atoms with E-state index in [4.69, 9.17) is 5.26 Å². The number of benzene rings is 3. The van der Waals surface area contributed by atoms with Crippen LogP contribution in [0, 0.1) is 11.3 Å². The van der Waals surface area contributed by atoms with Gasteiger partial charge in [0.25, 0.3) is 10.0 Å². The normalized spacial score (nSPS) is 15.2. The predicted octanol–water partition coefficient (Wildman–Crippen LogP) is 3.70. The van der Waals surface area contributed by atoms with Crippen molar-refractivity contribution in [2.24, 2.45) is 7.05 Å². The summed E-state index contributed by atoms with van der Waals surface area (Å²) in [5, 5.41) is 9.91. The molecule has 0 N–H and O–H groups in total. The first-order valence-corrected chi connectivity index (χ1v) is 13.3. The molecule has 166 valence electrons. The van der Waals surface area contributed by atoms with Crippen LogP contribution in [0.4, 0.5) is 5.69 Å². The van der Waals surface area contributed by atoms with E-state index in [1.165, 1.54) is 10.4 Å². The molecule has 0 spiro atoms. The Morgan fingerprint density at radius 3 is 2.33 bits per heavy atom. The van der Waals surface area contributed by atoms with E-state index < -0.39 is 19.9 Å². The zero-order valence-corrected chi connectivity index (χ0v) is 19.3. The minimum atomic E-state index is -4.04. The fraction of sp³-hybridized carbons (Fsp3) is 0.125. The van der Waals surface area contributed by atoms with Gasteiger partial charge in [0.2, 0.25) is 0 Å². The third kappa shape index (κ3) is 3.39. The van der Waals surface area contributed by atoms with Crippen LogP contribution in [0.3, 0.4) is 0 Å². The fourth-order valence-corrected chi connectivity index (χ4v) is 7.47. The predicted molar refractivity (Wildman–Crippen MR) is 126 cm³/mol. The molecule has 3 aromatic carbocycles. The van der Waals surface area contributed by atoms with Gasteiger partial charge in [-0.15, -0.1) is 0 Å². The molecular formula is C24H19N3O4S2. The number of aryl methyl sites for hydroxylation is 1. The van der Waals surface area contributed by atoms with Crippen molar-refractivity contribution in [3.63, 3.8) is 0 Å². The molecule has 0 aliphatic carbocycles. The second-order valence-electron chi connectivity index (χ2n) is 7.87. The topological polar surface area (TPSA) is 100 Å². The molecule has 0 radical (unpaired) electrons. The Hall–Kier alpha value is -3.61. The van der Waals surface area contributed by atoms with Gasteiger partial charge in [-0.25, -0.2) is 8.42 Å². The molecule has 33 heavy (non-hydrogen) atoms. The van der Waals surface area contributed by atoms with Crippen molar-refractivity contribution in [2.45, 2.75) is 9.92 Å². The molecule has 1 aliphatic heterocycles. The van der Waals surface area contributed by atoms with Crippen molar-refractivity contribution in [1.29, 1.82) is 5.26 Å². The van der Waals surface area contributed by atoms with Gasteiger partial charge in [0.05, 0.1) is 28.0 Å². The molecule has 0 fully saturated rings. The zero-order chi connectivity index (χ0) is 23.4. The van der Waals surface area contributed by atoms with Crippen LogP contribution >= 0.6 is 0 Å². The molecule has 0 saturated carbocycles. The Balaban J connectivity index is 1.68. The highest BCUT2D eigenvalue weighted by atomic mass is 32.2. The molecular weight excluding hydrogens is 458 g/mol. The summed E-state index contributed by atoms with van der Waals surface area (Å²) in [6, 6.07) is 22.6. The van der Waals surface area contributed by atoms with Crippen LogP contribution in [0.1, 0.15) is 5.56 Å². The quantitative estimate of drug-likeness (QED) is 0.448. The first-order valence-electron chi connectivity index (χ1n) is 10.2. The van der Waals surface area contributed by atoms with Crippen LogP contribution in [0.15, 0.2) is 82.7 Å². The summed E-state index contributed by atoms with van der Waals surface area (Å²) in [7, 11) is -5.97. The largest absolute Gasteiger partial charge is 0.333 e. The van der Waals surface area contributed by atoms with Crippen molar-refractivity contribution in [1.82, 2.24) is 4.57 Å². The minimum absolute atomic E-state index is 0.00603. The van der Waals surface area contributed by atoms with Gasteiger partial charge in [0, 0.05) is 24.5 Å². The summed E-state index contributed by atoms with van der Waals surface area (Å²) in [5.41, 5.74) is 2.81. The standard InChI is InChI=1S/C24H19N3O4S2/c1-26-21-5-3-2-4-20(21)15-24(26)33(30,31)27-12-13-32(28,29)23-11-10-19(14-22(23)27)18-8-6-17(16-25)7-9-18/h2-11,14-15H,12-13H2,1H3. The number of para-hydroxylation sites is 1. The van der Waals surface area contributed by atoms with Gasteiger partial charge in [0.1, 0.15) is 0 Å². The molecule has 1 aliphatic rings. The van der Waals surface area contributed by atoms with Gasteiger partial charge in [0.15, 0.2) is 14.9 Å². The summed E-state index contributed by atoms with van der Waals surface area (Å²) in [5.74, 6) is -0.292. The summed E-state index contributed by atoms with van der Waals surface area (Å²) in [4.78, 5) is -0.00603. The second-order valence-corrected chi connectivity index (χ2v) is 11.8. The first-order chi connectivity index (χ1) is 15.7. The maximum absolute atomic E-state index is 13.8. The van der Waals surface area contributed by atoms with E-state index in [1.54, 1.807) is 54.1 Å². The highest BCUT2D eigenvalue weighted by Gasteiger charge is 2.37. The Labute approximate surface area is 192 Å². The van der Waals surface area contributed by atoms with E-state index >= 15 is 0 Å². The third-order valence-corrected chi connectivity index (χ3v) is 9.55. The van der Waals surface area contributed by atoms with Gasteiger partial charge < -0.3 is 4.57 Å². The number of aromatic nitrogens is 1. The van der Waals surface area contributed by atoms with Crippen LogP contribution in [0.2, 0.25) is 0 Å². The number of fused-ring (bicyclic) bond motifs is 2. The molecule has 1 aromatic heterocycles. The molecule has 2 heterocycles. The van der Waals surface area contributed by atoms with E-state index in [-0.39, 0.29) is 27.9 Å². The number of anilines is 1. The van der Waals surface area contributed by atoms with Crippen LogP contribution in [-0.2, 0) is 26.9 Å². The Morgan fingerprint density at radius 2 is 1.64 bits per heavy atom. The molecule has 0 unspecified atom stereocenters. The van der Waals surface area contributed by atoms with Crippen molar-refractivity contribution < 1.29 is 16.8 Å². The first kappa shape index (κ1) is 21.2. The monoisotopic (exact) mass is 477 g/mol. The van der Waals surface area contributed by atoms with Gasteiger partial charge in [-0.3, -0.25) is 4.31 Å². The molecule has 0 atom stereocenters. The number of sulfone groups is 1. The van der Waals surface area contributed by atoms with E-state index in [0.717, 1.165) is 16.5 Å². The van der Waals surface area contributed by atoms with Gasteiger partial charge in [-0.05, 0) is 47.5 Å². The van der Waals surface area contributed by atoms with E-state index in [9.17, 15) is 16.8 Å². The number of nitriles is 1. The minimum Gasteiger partial charge on any atom is -0.333 e. The van der Waals surface area contributed by atoms with Gasteiger partial charge in [-0.2, -0.15) is 13.7 Å². The van der Waals surface area contributed by atoms with E-state index in [0.29, 0.717) is 11.1 Å². The summed E-state index contributed by atoms with van der Waals surface area (Å²) < 4.78 is 55.8. The maximum atomic E-state index is 13.8. The molecule has 0 saturated heterocycles. The van der Waals surface area contributed by atoms with Crippen molar-refractivity contribution in [2.75, 3.05) is 16.6 Å². The number of hydrogen-bond donors (Lipinski definition) is 0. The molecule has 7 nitrogen and oxygen atoms in total. The Kier molecular flexibility index (Phi) is 4.81. The highest BCUT2D eigenvalue weighted by Crippen LogP contribution is 2.38. The number of rotatable bonds is 3. The van der Waals surface area contributed by atoms with E-state index in [2.05, 4.69) is 6.07 Å². The summed E-state index contributed by atoms with van der Waals surface area (Å²) >= 11 is 0. The molecule has 5 rings (SSSR count). The molecule has 9 heteroatoms. The average Bonchev–Trinajstić information content (AvgIpc) is 3.16. The SMILES string of the molecule is Cn1c(S(=O)(=O)N2CCS(=O)(=O)c3ccc(-c4ccc(C#N)cc4)cc32)cc2ccccc21. The zero-order valence-electron chi connectivity index (χ0n) is 17.6. The highest BCUT2D eigenvalue weighted by molar-refractivity contribution is 7.94. The smallest absolute Gasteiger partial charge is 0.280 e. The Morgan fingerprint density at radius 1 is 0.939 bits per heavy atom. The lowest BCUT2D eigenvalue weighted by Crippen LogP contribution is -2.40. The average molecular weight is 478 g/mol. The fourth-order valence-electron chi connectivity index (χ4n) is 4.20. The second kappa shape index (κ2) is 7.47. The van der Waals surface area contributed by atoms with Crippen LogP contribution < -0.4 is 4.31 Å². The maximum Gasteiger partial charge on any atom is 0.280 e. The van der Waals surface area contributed by atoms with Gasteiger partial charge >= 0.3 is 0 Å². The molecule has 4 aromatic rings. The summed E-state index contributed by atoms with van der Waals surface area (Å²) in [6.07, 6.45) is 0. The van der Waals surface area contributed by atoms with Crippen molar-refractivity contribution >= 4 is 36.5 Å². The molecule has 0 amide bonds. The number of sulfonamides is 1. The van der Waals surface area contributed by atoms with Crippen LogP contribution in [0.5, 0.6) is 0 Å². The number of hydrogen-bond acceptors (Lipinski definition) is 5. The lowest BCUT2D eigenvalue weighted by atomic mass is 10.0. The van der Waals surface area contributed by atoms with Crippen LogP contribution in [-0.4, -0.2) is 33.7 Å². The lowest BCUT2D eigenvalue weighted by Gasteiger charge is -2.30. The van der Waals surface area contributed by atoms with E-state index in [1.807, 2.05) is 24.3 Å². The van der Waals surface area contributed by atoms with Crippen LogP contribution in [0.25, 0.3) is 22.0 Å². The third-order valence-electron chi connectivity index (χ3n) is 5.94. The van der Waals surface area contributed by atoms with Crippen molar-refractivity contribution in [3.05, 3.63) is 78.4 Å². The molecule has 0 bridgehead atoms. The number of nitrogens with zero attached hydrogens (tertiary/aromatic N) is 3. The summed E-state index contributed by atoms with van der Waals surface area (Å²) in [6.45, 7) is -0.171.